The smallest absolute Gasteiger partial charge is 0.358 e. The van der Waals surface area contributed by atoms with Crippen molar-refractivity contribution in [1.29, 1.82) is 0 Å². The minimum Gasteiger partial charge on any atom is -0.358 e. The van der Waals surface area contributed by atoms with Crippen LogP contribution >= 0.6 is 19.9 Å². The standard InChI is InChI=1S/C19H20PSi.4CH3.ClH.Cr/c1-21(2,19-15-9-10-16-19)20(17-11-5-3-6-12-17)18-13-7-4-8-14-18;;;;;;/h3-9,11-15H,10H2,1-2H3;4*1H3;1H;/q5*-1;;+5. The molecule has 0 amide bonds. The van der Waals surface area contributed by atoms with Gasteiger partial charge in [-0.2, -0.15) is 6.08 Å². The van der Waals surface area contributed by atoms with Crippen LogP contribution in [0.1, 0.15) is 6.42 Å². The van der Waals surface area contributed by atoms with Crippen molar-refractivity contribution in [3.63, 3.8) is 0 Å². The fourth-order valence-electron chi connectivity index (χ4n) is 2.89. The molecule has 0 aliphatic heterocycles. The SMILES string of the molecule is C[Si](C)(C1=[C-]CC=C1)P(c1ccccc1)c1ccccc1.Cl.[CH3-].[CH3-].[CH3-].[CH3-].[Cr+5]. The van der Waals surface area contributed by atoms with Gasteiger partial charge in [-0.15, -0.1) is 18.8 Å². The Morgan fingerprint density at radius 1 is 0.778 bits per heavy atom. The molecule has 1 radical (unpaired) electrons. The maximum Gasteiger partial charge on any atom is 5.00 e. The summed E-state index contributed by atoms with van der Waals surface area (Å²) in [5.74, 6) is 0. The Bertz CT molecular complexity index is 630. The molecule has 0 atom stereocenters. The van der Waals surface area contributed by atoms with Gasteiger partial charge < -0.3 is 29.7 Å². The minimum absolute atomic E-state index is 0. The Labute approximate surface area is 188 Å². The molecule has 0 saturated heterocycles. The number of allylic oxidation sites excluding steroid dienone is 4. The Hall–Kier alpha value is -0.611. The van der Waals surface area contributed by atoms with Crippen molar-refractivity contribution >= 4 is 38.2 Å². The summed E-state index contributed by atoms with van der Waals surface area (Å²) in [4.78, 5) is 0. The average Bonchev–Trinajstić information content (AvgIpc) is 3.04. The summed E-state index contributed by atoms with van der Waals surface area (Å²) in [5, 5.41) is 4.47. The van der Waals surface area contributed by atoms with Crippen LogP contribution in [-0.4, -0.2) is 7.74 Å². The molecule has 0 heterocycles. The quantitative estimate of drug-likeness (QED) is 0.271. The summed E-state index contributed by atoms with van der Waals surface area (Å²) in [7, 11) is -1.91. The van der Waals surface area contributed by atoms with Crippen LogP contribution in [0.2, 0.25) is 13.1 Å². The Morgan fingerprint density at radius 3 is 1.52 bits per heavy atom. The second-order valence-electron chi connectivity index (χ2n) is 5.76. The summed E-state index contributed by atoms with van der Waals surface area (Å²) in [6.07, 6.45) is 9.14. The molecule has 0 N–H and O–H groups in total. The molecule has 2 aromatic carbocycles. The molecule has 0 bridgehead atoms. The first-order valence-corrected chi connectivity index (χ1v) is 12.6. The van der Waals surface area contributed by atoms with Crippen molar-refractivity contribution in [1.82, 2.24) is 0 Å². The number of halogens is 1. The molecule has 1 aliphatic carbocycles. The van der Waals surface area contributed by atoms with E-state index in [9.17, 15) is 0 Å². The summed E-state index contributed by atoms with van der Waals surface area (Å²) in [6.45, 7) is 4.99. The van der Waals surface area contributed by atoms with Gasteiger partial charge in [-0.05, 0) is 10.6 Å². The Kier molecular flexibility index (Phi) is 19.3. The summed E-state index contributed by atoms with van der Waals surface area (Å²) >= 11 is 0. The van der Waals surface area contributed by atoms with Gasteiger partial charge in [-0.25, -0.2) is 11.3 Å². The van der Waals surface area contributed by atoms with Crippen molar-refractivity contribution in [2.45, 2.75) is 19.5 Å². The van der Waals surface area contributed by atoms with Gasteiger partial charge in [0.2, 0.25) is 0 Å². The zero-order valence-electron chi connectivity index (χ0n) is 17.4. The molecule has 147 valence electrons. The molecule has 4 heteroatoms. The van der Waals surface area contributed by atoms with Crippen LogP contribution in [0.3, 0.4) is 0 Å². The first kappa shape index (κ1) is 33.9. The van der Waals surface area contributed by atoms with E-state index in [-0.39, 0.29) is 66.9 Å². The maximum absolute atomic E-state index is 3.60. The Balaban J connectivity index is -0.000000441. The third kappa shape index (κ3) is 7.73. The van der Waals surface area contributed by atoms with E-state index in [0.29, 0.717) is 0 Å². The number of hydrogen-bond acceptors (Lipinski definition) is 0. The molecule has 0 unspecified atom stereocenters. The van der Waals surface area contributed by atoms with Gasteiger partial charge in [0.1, 0.15) is 0 Å². The maximum atomic E-state index is 3.60. The predicted octanol–water partition coefficient (Wildman–Crippen LogP) is 6.77. The van der Waals surface area contributed by atoms with E-state index < -0.39 is 7.74 Å². The molecular formula is C23H33ClCrPSi. The van der Waals surface area contributed by atoms with Crippen molar-refractivity contribution in [2.24, 2.45) is 0 Å². The fraction of sp³-hybridized carbons (Fsp3) is 0.130. The zero-order chi connectivity index (χ0) is 14.7. The van der Waals surface area contributed by atoms with Gasteiger partial charge in [-0.3, -0.25) is 6.08 Å². The van der Waals surface area contributed by atoms with Crippen LogP contribution in [-0.2, 0) is 17.4 Å². The topological polar surface area (TPSA) is 0 Å². The molecule has 2 aromatic rings. The molecule has 3 rings (SSSR count). The number of benzene rings is 2. The third-order valence-corrected chi connectivity index (χ3v) is 14.0. The van der Waals surface area contributed by atoms with Crippen molar-refractivity contribution in [2.75, 3.05) is 0 Å². The van der Waals surface area contributed by atoms with E-state index in [2.05, 4.69) is 92.0 Å². The molecule has 0 spiro atoms. The van der Waals surface area contributed by atoms with E-state index in [0.717, 1.165) is 6.42 Å². The molecule has 0 nitrogen and oxygen atoms in total. The van der Waals surface area contributed by atoms with Gasteiger partial charge >= 0.3 is 17.4 Å². The second kappa shape index (κ2) is 15.3. The number of hydrogen-bond donors (Lipinski definition) is 0. The predicted molar refractivity (Wildman–Crippen MR) is 130 cm³/mol. The largest absolute Gasteiger partial charge is 5.00 e. The minimum atomic E-state index is -1.60. The van der Waals surface area contributed by atoms with Crippen molar-refractivity contribution in [3.8, 4) is 0 Å². The number of rotatable bonds is 4. The van der Waals surface area contributed by atoms with Crippen LogP contribution in [0.4, 0.5) is 0 Å². The first-order chi connectivity index (χ1) is 10.2. The molecule has 0 aromatic heterocycles. The van der Waals surface area contributed by atoms with Crippen molar-refractivity contribution in [3.05, 3.63) is 114 Å². The van der Waals surface area contributed by atoms with E-state index in [1.54, 1.807) is 0 Å². The van der Waals surface area contributed by atoms with E-state index in [4.69, 9.17) is 0 Å². The molecule has 1 aliphatic rings. The van der Waals surface area contributed by atoms with Crippen LogP contribution in [0.5, 0.6) is 0 Å². The molecule has 0 fully saturated rings. The van der Waals surface area contributed by atoms with Crippen LogP contribution < -0.4 is 10.6 Å². The second-order valence-corrected chi connectivity index (χ2v) is 15.8. The normalized spacial score (nSPS) is 11.3. The summed E-state index contributed by atoms with van der Waals surface area (Å²) in [5.41, 5.74) is 0. The first-order valence-electron chi connectivity index (χ1n) is 7.38. The summed E-state index contributed by atoms with van der Waals surface area (Å²) < 4.78 is 0. The van der Waals surface area contributed by atoms with Gasteiger partial charge in [0.15, 0.2) is 0 Å². The van der Waals surface area contributed by atoms with Crippen LogP contribution in [0, 0.1) is 35.8 Å². The van der Waals surface area contributed by atoms with Gasteiger partial charge in [0, 0.05) is 0 Å². The fourth-order valence-corrected chi connectivity index (χ4v) is 12.7. The van der Waals surface area contributed by atoms with Crippen LogP contribution in [0.25, 0.3) is 0 Å². The summed E-state index contributed by atoms with van der Waals surface area (Å²) in [6, 6.07) is 22.1. The zero-order valence-corrected chi connectivity index (χ0v) is 21.4. The van der Waals surface area contributed by atoms with Crippen molar-refractivity contribution < 1.29 is 17.4 Å². The van der Waals surface area contributed by atoms with E-state index in [1.807, 2.05) is 0 Å². The molecule has 27 heavy (non-hydrogen) atoms. The van der Waals surface area contributed by atoms with Gasteiger partial charge in [0.05, 0.1) is 7.74 Å². The molecular weight excluding hydrogens is 423 g/mol. The van der Waals surface area contributed by atoms with Gasteiger partial charge in [-0.1, -0.05) is 81.2 Å². The van der Waals surface area contributed by atoms with E-state index in [1.165, 1.54) is 15.8 Å². The molecule has 0 saturated carbocycles. The average molecular weight is 456 g/mol. The van der Waals surface area contributed by atoms with E-state index >= 15 is 0 Å². The monoisotopic (exact) mass is 455 g/mol. The van der Waals surface area contributed by atoms with Gasteiger partial charge in [0.25, 0.3) is 0 Å². The Morgan fingerprint density at radius 2 is 1.19 bits per heavy atom. The third-order valence-electron chi connectivity index (χ3n) is 3.94. The van der Waals surface area contributed by atoms with Crippen LogP contribution in [0.15, 0.2) is 78.0 Å².